The maximum absolute atomic E-state index is 12.4. The topological polar surface area (TPSA) is 56.1 Å². The Morgan fingerprint density at radius 2 is 1.96 bits per heavy atom. The zero-order chi connectivity index (χ0) is 19.4. The number of benzene rings is 2. The highest BCUT2D eigenvalue weighted by Gasteiger charge is 2.13. The molecule has 1 aromatic heterocycles. The molecule has 3 rings (SSSR count). The lowest BCUT2D eigenvalue weighted by molar-refractivity contribution is 0.102. The number of hydrogen-bond acceptors (Lipinski definition) is 3. The Labute approximate surface area is 175 Å². The van der Waals surface area contributed by atoms with Gasteiger partial charge in [-0.3, -0.25) is 9.48 Å². The standard InChI is InChI=1S/C19H16BrCl2N3O2/c1-2-27-15-7-4-12(5-8-15)19(26)23-18-16(20)11-25(24-18)10-13-3-6-14(21)9-17(13)22/h3-9,11H,2,10H2,1H3,(H,23,24,26). The highest BCUT2D eigenvalue weighted by Crippen LogP contribution is 2.25. The molecule has 3 aromatic rings. The van der Waals surface area contributed by atoms with E-state index in [-0.39, 0.29) is 5.91 Å². The second-order valence-corrected chi connectivity index (χ2v) is 7.37. The second-order valence-electron chi connectivity index (χ2n) is 5.67. The van der Waals surface area contributed by atoms with Crippen LogP contribution < -0.4 is 10.1 Å². The van der Waals surface area contributed by atoms with Gasteiger partial charge in [-0.05, 0) is 64.8 Å². The summed E-state index contributed by atoms with van der Waals surface area (Å²) >= 11 is 15.6. The minimum Gasteiger partial charge on any atom is -0.494 e. The van der Waals surface area contributed by atoms with Crippen LogP contribution in [-0.4, -0.2) is 22.3 Å². The van der Waals surface area contributed by atoms with Crippen molar-refractivity contribution in [3.8, 4) is 5.75 Å². The van der Waals surface area contributed by atoms with E-state index < -0.39 is 0 Å². The van der Waals surface area contributed by atoms with Crippen molar-refractivity contribution in [1.82, 2.24) is 9.78 Å². The van der Waals surface area contributed by atoms with Crippen molar-refractivity contribution in [2.75, 3.05) is 11.9 Å². The number of rotatable bonds is 6. The van der Waals surface area contributed by atoms with Crippen LogP contribution in [0.5, 0.6) is 5.75 Å². The number of amides is 1. The summed E-state index contributed by atoms with van der Waals surface area (Å²) in [5.74, 6) is 0.895. The summed E-state index contributed by atoms with van der Waals surface area (Å²) in [5.41, 5.74) is 1.39. The molecule has 2 aromatic carbocycles. The minimum absolute atomic E-state index is 0.256. The average Bonchev–Trinajstić information content (AvgIpc) is 2.97. The van der Waals surface area contributed by atoms with Crippen LogP contribution in [-0.2, 0) is 6.54 Å². The van der Waals surface area contributed by atoms with Gasteiger partial charge >= 0.3 is 0 Å². The van der Waals surface area contributed by atoms with Gasteiger partial charge in [0, 0.05) is 21.8 Å². The number of nitrogens with zero attached hydrogens (tertiary/aromatic N) is 2. The Morgan fingerprint density at radius 3 is 2.63 bits per heavy atom. The van der Waals surface area contributed by atoms with Crippen LogP contribution in [0.4, 0.5) is 5.82 Å². The fraction of sp³-hybridized carbons (Fsp3) is 0.158. The third-order valence-corrected chi connectivity index (χ3v) is 4.89. The normalized spacial score (nSPS) is 10.7. The number of hydrogen-bond donors (Lipinski definition) is 1. The molecule has 8 heteroatoms. The lowest BCUT2D eigenvalue weighted by Crippen LogP contribution is -2.13. The summed E-state index contributed by atoms with van der Waals surface area (Å²) in [6.07, 6.45) is 1.78. The molecule has 0 unspecified atom stereocenters. The first kappa shape index (κ1) is 19.7. The summed E-state index contributed by atoms with van der Waals surface area (Å²) in [5, 5.41) is 8.34. The number of carbonyl (C=O) groups is 1. The largest absolute Gasteiger partial charge is 0.494 e. The number of carbonyl (C=O) groups excluding carboxylic acids is 1. The van der Waals surface area contributed by atoms with Gasteiger partial charge in [0.2, 0.25) is 0 Å². The molecule has 0 saturated carbocycles. The number of ether oxygens (including phenoxy) is 1. The third-order valence-electron chi connectivity index (χ3n) is 3.72. The van der Waals surface area contributed by atoms with Crippen molar-refractivity contribution in [3.63, 3.8) is 0 Å². The van der Waals surface area contributed by atoms with Crippen LogP contribution in [0.3, 0.4) is 0 Å². The van der Waals surface area contributed by atoms with E-state index >= 15 is 0 Å². The molecule has 1 N–H and O–H groups in total. The number of aromatic nitrogens is 2. The van der Waals surface area contributed by atoms with E-state index in [1.165, 1.54) is 0 Å². The SMILES string of the molecule is CCOc1ccc(C(=O)Nc2nn(Cc3ccc(Cl)cc3Cl)cc2Br)cc1. The van der Waals surface area contributed by atoms with Gasteiger partial charge in [0.25, 0.3) is 5.91 Å². The molecule has 1 heterocycles. The lowest BCUT2D eigenvalue weighted by atomic mass is 10.2. The van der Waals surface area contributed by atoms with Crippen molar-refractivity contribution in [3.05, 3.63) is 74.3 Å². The van der Waals surface area contributed by atoms with Gasteiger partial charge in [0.1, 0.15) is 5.75 Å². The quantitative estimate of drug-likeness (QED) is 0.508. The lowest BCUT2D eigenvalue weighted by Gasteiger charge is -2.06. The molecule has 5 nitrogen and oxygen atoms in total. The summed E-state index contributed by atoms with van der Waals surface area (Å²) in [6.45, 7) is 2.94. The summed E-state index contributed by atoms with van der Waals surface area (Å²) in [6, 6.07) is 12.2. The molecular weight excluding hydrogens is 453 g/mol. The monoisotopic (exact) mass is 467 g/mol. The first-order valence-electron chi connectivity index (χ1n) is 8.17. The smallest absolute Gasteiger partial charge is 0.256 e. The van der Waals surface area contributed by atoms with Crippen LogP contribution in [0.15, 0.2) is 53.1 Å². The Morgan fingerprint density at radius 1 is 1.22 bits per heavy atom. The molecular formula is C19H16BrCl2N3O2. The summed E-state index contributed by atoms with van der Waals surface area (Å²) < 4.78 is 7.74. The first-order valence-corrected chi connectivity index (χ1v) is 9.72. The van der Waals surface area contributed by atoms with E-state index in [1.807, 2.05) is 13.0 Å². The van der Waals surface area contributed by atoms with Crippen LogP contribution in [0, 0.1) is 0 Å². The molecule has 0 saturated heterocycles. The van der Waals surface area contributed by atoms with E-state index in [4.69, 9.17) is 27.9 Å². The Balaban J connectivity index is 1.71. The molecule has 27 heavy (non-hydrogen) atoms. The number of nitrogens with one attached hydrogen (secondary N) is 1. The van der Waals surface area contributed by atoms with Crippen LogP contribution in [0.2, 0.25) is 10.0 Å². The highest BCUT2D eigenvalue weighted by atomic mass is 79.9. The van der Waals surface area contributed by atoms with E-state index in [9.17, 15) is 4.79 Å². The highest BCUT2D eigenvalue weighted by molar-refractivity contribution is 9.10. The first-order chi connectivity index (χ1) is 13.0. The molecule has 0 aliphatic rings. The van der Waals surface area contributed by atoms with Crippen molar-refractivity contribution >= 4 is 50.9 Å². The average molecular weight is 469 g/mol. The van der Waals surface area contributed by atoms with E-state index in [0.29, 0.717) is 39.1 Å². The molecule has 0 aliphatic carbocycles. The zero-order valence-electron chi connectivity index (χ0n) is 14.4. The molecule has 140 valence electrons. The molecule has 1 amide bonds. The van der Waals surface area contributed by atoms with Crippen LogP contribution in [0.1, 0.15) is 22.8 Å². The molecule has 0 aliphatic heterocycles. The fourth-order valence-electron chi connectivity index (χ4n) is 2.44. The molecule has 0 fully saturated rings. The predicted octanol–water partition coefficient (Wildman–Crippen LogP) is 5.65. The van der Waals surface area contributed by atoms with E-state index in [1.54, 1.807) is 47.3 Å². The maximum atomic E-state index is 12.4. The van der Waals surface area contributed by atoms with Crippen molar-refractivity contribution in [1.29, 1.82) is 0 Å². The van der Waals surface area contributed by atoms with Gasteiger partial charge < -0.3 is 10.1 Å². The molecule has 0 radical (unpaired) electrons. The molecule has 0 bridgehead atoms. The van der Waals surface area contributed by atoms with Crippen molar-refractivity contribution in [2.45, 2.75) is 13.5 Å². The van der Waals surface area contributed by atoms with Crippen LogP contribution >= 0.6 is 39.1 Å². The van der Waals surface area contributed by atoms with Gasteiger partial charge in [-0.15, -0.1) is 0 Å². The van der Waals surface area contributed by atoms with Crippen LogP contribution in [0.25, 0.3) is 0 Å². The predicted molar refractivity (Wildman–Crippen MR) is 111 cm³/mol. The number of anilines is 1. The number of halogens is 3. The van der Waals surface area contributed by atoms with E-state index in [2.05, 4.69) is 26.3 Å². The van der Waals surface area contributed by atoms with Gasteiger partial charge in [0.05, 0.1) is 17.6 Å². The molecule has 0 spiro atoms. The second kappa shape index (κ2) is 8.78. The minimum atomic E-state index is -0.256. The summed E-state index contributed by atoms with van der Waals surface area (Å²) in [4.78, 5) is 12.4. The van der Waals surface area contributed by atoms with Gasteiger partial charge in [-0.25, -0.2) is 0 Å². The van der Waals surface area contributed by atoms with E-state index in [0.717, 1.165) is 11.3 Å². The Hall–Kier alpha value is -2.02. The summed E-state index contributed by atoms with van der Waals surface area (Å²) in [7, 11) is 0. The fourth-order valence-corrected chi connectivity index (χ4v) is 3.32. The Bertz CT molecular complexity index is 958. The third kappa shape index (κ3) is 5.03. The van der Waals surface area contributed by atoms with Gasteiger partial charge in [-0.1, -0.05) is 29.3 Å². The Kier molecular flexibility index (Phi) is 6.42. The van der Waals surface area contributed by atoms with Gasteiger partial charge in [-0.2, -0.15) is 5.10 Å². The van der Waals surface area contributed by atoms with Crippen molar-refractivity contribution < 1.29 is 9.53 Å². The maximum Gasteiger partial charge on any atom is 0.256 e. The van der Waals surface area contributed by atoms with Crippen molar-refractivity contribution in [2.24, 2.45) is 0 Å². The zero-order valence-corrected chi connectivity index (χ0v) is 17.5. The van der Waals surface area contributed by atoms with Gasteiger partial charge in [0.15, 0.2) is 5.82 Å². The molecule has 0 atom stereocenters.